The number of benzene rings is 2. The Morgan fingerprint density at radius 1 is 0.793 bits per heavy atom. The third-order valence-electron chi connectivity index (χ3n) is 5.67. The van der Waals surface area contributed by atoms with E-state index < -0.39 is 0 Å². The SMILES string of the molecule is Cl.O=C(OCc1ccc(F)cc1)C1CCC2C(C(=O)OCc3ccc(F)cc3)C12. The van der Waals surface area contributed by atoms with Crippen molar-refractivity contribution in [3.05, 3.63) is 71.3 Å². The van der Waals surface area contributed by atoms with E-state index in [9.17, 15) is 18.4 Å². The fourth-order valence-electron chi connectivity index (χ4n) is 4.17. The molecule has 0 amide bonds. The Bertz CT molecular complexity index is 869. The monoisotopic (exact) mass is 422 g/mol. The van der Waals surface area contributed by atoms with Gasteiger partial charge in [-0.2, -0.15) is 0 Å². The molecule has 4 atom stereocenters. The number of fused-ring (bicyclic) bond motifs is 1. The zero-order valence-electron chi connectivity index (χ0n) is 15.6. The molecular formula is C22H21ClF2O4. The molecule has 2 aromatic rings. The summed E-state index contributed by atoms with van der Waals surface area (Å²) in [5.41, 5.74) is 1.44. The van der Waals surface area contributed by atoms with Crippen LogP contribution in [0.1, 0.15) is 24.0 Å². The molecule has 4 unspecified atom stereocenters. The summed E-state index contributed by atoms with van der Waals surface area (Å²) in [7, 11) is 0. The highest BCUT2D eigenvalue weighted by Gasteiger charge is 2.64. The van der Waals surface area contributed by atoms with Crippen LogP contribution in [0.2, 0.25) is 0 Å². The Kier molecular flexibility index (Phi) is 6.52. The minimum absolute atomic E-state index is 0. The molecule has 2 fully saturated rings. The van der Waals surface area contributed by atoms with Crippen LogP contribution in [0.5, 0.6) is 0 Å². The van der Waals surface area contributed by atoms with Crippen molar-refractivity contribution in [1.29, 1.82) is 0 Å². The molecule has 2 aromatic carbocycles. The average Bonchev–Trinajstić information content (AvgIpc) is 3.25. The number of hydrogen-bond donors (Lipinski definition) is 0. The van der Waals surface area contributed by atoms with Crippen molar-refractivity contribution in [2.45, 2.75) is 26.1 Å². The quantitative estimate of drug-likeness (QED) is 0.645. The van der Waals surface area contributed by atoms with Gasteiger partial charge in [-0.05, 0) is 60.1 Å². The second kappa shape index (κ2) is 8.91. The molecule has 0 aromatic heterocycles. The highest BCUT2D eigenvalue weighted by Crippen LogP contribution is 2.61. The van der Waals surface area contributed by atoms with Gasteiger partial charge in [0, 0.05) is 0 Å². The van der Waals surface area contributed by atoms with Crippen molar-refractivity contribution in [1.82, 2.24) is 0 Å². The van der Waals surface area contributed by atoms with Crippen LogP contribution < -0.4 is 0 Å². The van der Waals surface area contributed by atoms with E-state index in [2.05, 4.69) is 0 Å². The molecule has 0 spiro atoms. The first-order chi connectivity index (χ1) is 13.5. The lowest BCUT2D eigenvalue weighted by Crippen LogP contribution is -2.21. The summed E-state index contributed by atoms with van der Waals surface area (Å²) < 4.78 is 36.6. The maximum Gasteiger partial charge on any atom is 0.309 e. The van der Waals surface area contributed by atoms with Gasteiger partial charge >= 0.3 is 11.9 Å². The smallest absolute Gasteiger partial charge is 0.309 e. The van der Waals surface area contributed by atoms with Crippen molar-refractivity contribution in [3.8, 4) is 0 Å². The van der Waals surface area contributed by atoms with Gasteiger partial charge in [0.2, 0.25) is 0 Å². The number of carbonyl (C=O) groups excluding carboxylic acids is 2. The van der Waals surface area contributed by atoms with E-state index in [-0.39, 0.29) is 72.9 Å². The summed E-state index contributed by atoms with van der Waals surface area (Å²) in [4.78, 5) is 24.8. The number of rotatable bonds is 6. The van der Waals surface area contributed by atoms with Gasteiger partial charge in [0.25, 0.3) is 0 Å². The van der Waals surface area contributed by atoms with Crippen LogP contribution in [-0.2, 0) is 32.3 Å². The normalized spacial score (nSPS) is 24.2. The fraction of sp³-hybridized carbons (Fsp3) is 0.364. The van der Waals surface area contributed by atoms with Crippen LogP contribution in [0.4, 0.5) is 8.78 Å². The van der Waals surface area contributed by atoms with Gasteiger partial charge in [-0.25, -0.2) is 8.78 Å². The van der Waals surface area contributed by atoms with Crippen LogP contribution in [-0.4, -0.2) is 11.9 Å². The van der Waals surface area contributed by atoms with Gasteiger partial charge in [-0.15, -0.1) is 12.4 Å². The van der Waals surface area contributed by atoms with Crippen molar-refractivity contribution in [2.75, 3.05) is 0 Å². The molecule has 154 valence electrons. The summed E-state index contributed by atoms with van der Waals surface area (Å²) >= 11 is 0. The van der Waals surface area contributed by atoms with E-state index in [0.717, 1.165) is 17.5 Å². The zero-order chi connectivity index (χ0) is 19.7. The molecule has 0 bridgehead atoms. The lowest BCUT2D eigenvalue weighted by molar-refractivity contribution is -0.152. The molecule has 2 aliphatic carbocycles. The molecule has 29 heavy (non-hydrogen) atoms. The standard InChI is InChI=1S/C22H20F2O4.ClH/c23-15-5-1-13(2-6-15)11-27-21(25)18-10-9-17-19(18)20(17)22(26)28-12-14-3-7-16(24)8-4-14;/h1-8,17-20H,9-12H2;1H. The van der Waals surface area contributed by atoms with E-state index in [1.807, 2.05) is 0 Å². The molecule has 2 aliphatic rings. The maximum atomic E-state index is 12.9. The summed E-state index contributed by atoms with van der Waals surface area (Å²) in [5.74, 6) is -1.72. The van der Waals surface area contributed by atoms with Gasteiger partial charge in [0.15, 0.2) is 0 Å². The van der Waals surface area contributed by atoms with E-state index in [1.165, 1.54) is 24.3 Å². The highest BCUT2D eigenvalue weighted by atomic mass is 35.5. The number of halogens is 3. The van der Waals surface area contributed by atoms with Gasteiger partial charge < -0.3 is 9.47 Å². The Morgan fingerprint density at radius 2 is 1.28 bits per heavy atom. The van der Waals surface area contributed by atoms with Crippen molar-refractivity contribution >= 4 is 24.3 Å². The van der Waals surface area contributed by atoms with E-state index in [0.29, 0.717) is 6.42 Å². The lowest BCUT2D eigenvalue weighted by Gasteiger charge is -2.14. The fourth-order valence-corrected chi connectivity index (χ4v) is 4.17. The molecule has 0 saturated heterocycles. The second-order valence-electron chi connectivity index (χ2n) is 7.42. The van der Waals surface area contributed by atoms with Crippen molar-refractivity contribution in [3.63, 3.8) is 0 Å². The second-order valence-corrected chi connectivity index (χ2v) is 7.42. The van der Waals surface area contributed by atoms with Gasteiger partial charge in [-0.3, -0.25) is 9.59 Å². The maximum absolute atomic E-state index is 12.9. The average molecular weight is 423 g/mol. The molecule has 4 nitrogen and oxygen atoms in total. The highest BCUT2D eigenvalue weighted by molar-refractivity contribution is 5.85. The number of ether oxygens (including phenoxy) is 2. The molecule has 7 heteroatoms. The predicted octanol–water partition coefficient (Wildman–Crippen LogP) is 4.45. The molecule has 2 saturated carbocycles. The minimum atomic E-state index is -0.339. The van der Waals surface area contributed by atoms with Crippen molar-refractivity contribution < 1.29 is 27.8 Å². The van der Waals surface area contributed by atoms with Crippen LogP contribution in [0, 0.1) is 35.3 Å². The lowest BCUT2D eigenvalue weighted by atomic mass is 10.00. The van der Waals surface area contributed by atoms with E-state index >= 15 is 0 Å². The van der Waals surface area contributed by atoms with Crippen LogP contribution in [0.25, 0.3) is 0 Å². The summed E-state index contributed by atoms with van der Waals surface area (Å²) in [6.45, 7) is 0.182. The summed E-state index contributed by atoms with van der Waals surface area (Å²) in [5, 5.41) is 0. The van der Waals surface area contributed by atoms with Gasteiger partial charge in [0.05, 0.1) is 11.8 Å². The molecule has 0 heterocycles. The van der Waals surface area contributed by atoms with Crippen molar-refractivity contribution in [2.24, 2.45) is 23.7 Å². The number of hydrogen-bond acceptors (Lipinski definition) is 4. The Balaban J connectivity index is 0.00000240. The molecule has 0 aliphatic heterocycles. The Morgan fingerprint density at radius 3 is 1.79 bits per heavy atom. The third-order valence-corrected chi connectivity index (χ3v) is 5.67. The molecular weight excluding hydrogens is 402 g/mol. The first-order valence-electron chi connectivity index (χ1n) is 9.35. The summed E-state index contributed by atoms with van der Waals surface area (Å²) in [6.07, 6.45) is 1.51. The van der Waals surface area contributed by atoms with E-state index in [1.54, 1.807) is 24.3 Å². The third kappa shape index (κ3) is 4.75. The van der Waals surface area contributed by atoms with Gasteiger partial charge in [0.1, 0.15) is 24.8 Å². The topological polar surface area (TPSA) is 52.6 Å². The first kappa shape index (κ1) is 21.2. The van der Waals surface area contributed by atoms with E-state index in [4.69, 9.17) is 9.47 Å². The Hall–Kier alpha value is -2.47. The van der Waals surface area contributed by atoms with Crippen LogP contribution >= 0.6 is 12.4 Å². The predicted molar refractivity (Wildman–Crippen MR) is 103 cm³/mol. The van der Waals surface area contributed by atoms with Crippen LogP contribution in [0.3, 0.4) is 0 Å². The molecule has 0 radical (unpaired) electrons. The zero-order valence-corrected chi connectivity index (χ0v) is 16.4. The molecule has 4 rings (SSSR count). The van der Waals surface area contributed by atoms with Gasteiger partial charge in [-0.1, -0.05) is 24.3 Å². The number of carbonyl (C=O) groups is 2. The number of esters is 2. The summed E-state index contributed by atoms with van der Waals surface area (Å²) in [6, 6.07) is 11.6. The largest absolute Gasteiger partial charge is 0.461 e. The Labute approximate surface area is 173 Å². The first-order valence-corrected chi connectivity index (χ1v) is 9.35. The minimum Gasteiger partial charge on any atom is -0.461 e. The van der Waals surface area contributed by atoms with Crippen LogP contribution in [0.15, 0.2) is 48.5 Å². The molecule has 0 N–H and O–H groups in total.